The molecule has 1 rings (SSSR count). The Morgan fingerprint density at radius 3 is 2.53 bits per heavy atom. The van der Waals surface area contributed by atoms with E-state index >= 15 is 0 Å². The summed E-state index contributed by atoms with van der Waals surface area (Å²) < 4.78 is 0. The van der Waals surface area contributed by atoms with Crippen LogP contribution in [0.25, 0.3) is 0 Å². The lowest BCUT2D eigenvalue weighted by Gasteiger charge is -2.45. The van der Waals surface area contributed by atoms with Gasteiger partial charge in [0.25, 0.3) is 0 Å². The van der Waals surface area contributed by atoms with E-state index in [9.17, 15) is 9.59 Å². The lowest BCUT2D eigenvalue weighted by molar-refractivity contribution is -0.136. The van der Waals surface area contributed by atoms with E-state index in [0.29, 0.717) is 13.1 Å². The number of carbonyl (C=O) groups excluding carboxylic acids is 2. The molecule has 0 radical (unpaired) electrons. The molecule has 0 bridgehead atoms. The van der Waals surface area contributed by atoms with Crippen molar-refractivity contribution in [3.63, 3.8) is 0 Å². The van der Waals surface area contributed by atoms with Crippen LogP contribution in [0.3, 0.4) is 0 Å². The highest BCUT2D eigenvalue weighted by Gasteiger charge is 2.32. The van der Waals surface area contributed by atoms with Gasteiger partial charge in [-0.1, -0.05) is 0 Å². The molecule has 6 heteroatoms. The first kappa shape index (κ1) is 13.9. The van der Waals surface area contributed by atoms with Gasteiger partial charge in [-0.3, -0.25) is 14.5 Å². The van der Waals surface area contributed by atoms with Crippen molar-refractivity contribution >= 4 is 11.8 Å². The van der Waals surface area contributed by atoms with Crippen molar-refractivity contribution in [2.75, 3.05) is 39.8 Å². The summed E-state index contributed by atoms with van der Waals surface area (Å²) in [5.41, 5.74) is 5.13. The molecule has 0 aliphatic carbocycles. The number of nitrogens with zero attached hydrogens (tertiary/aromatic N) is 2. The molecule has 0 atom stereocenters. The van der Waals surface area contributed by atoms with Crippen molar-refractivity contribution < 1.29 is 9.59 Å². The second kappa shape index (κ2) is 5.46. The molecule has 1 saturated heterocycles. The van der Waals surface area contributed by atoms with E-state index in [2.05, 4.69) is 31.1 Å². The van der Waals surface area contributed by atoms with E-state index in [1.165, 1.54) is 0 Å². The summed E-state index contributed by atoms with van der Waals surface area (Å²) in [6, 6.07) is 0. The van der Waals surface area contributed by atoms with E-state index in [1.807, 2.05) is 0 Å². The molecule has 0 aromatic rings. The zero-order chi connectivity index (χ0) is 13.1. The minimum absolute atomic E-state index is 0.0220. The molecule has 0 aromatic heterocycles. The van der Waals surface area contributed by atoms with Gasteiger partial charge in [-0.25, -0.2) is 0 Å². The smallest absolute Gasteiger partial charge is 0.242 e. The highest BCUT2D eigenvalue weighted by atomic mass is 16.2. The number of likely N-dealkylation sites (N-methyl/N-ethyl adjacent to an activating group) is 1. The van der Waals surface area contributed by atoms with Gasteiger partial charge in [0.2, 0.25) is 11.8 Å². The number of hydrogen-bond donors (Lipinski definition) is 2. The fourth-order valence-electron chi connectivity index (χ4n) is 1.81. The number of carbonyl (C=O) groups is 2. The molecule has 98 valence electrons. The monoisotopic (exact) mass is 242 g/mol. The lowest BCUT2D eigenvalue weighted by atomic mass is 10.00. The minimum atomic E-state index is -0.299. The third-order valence-corrected chi connectivity index (χ3v) is 3.29. The van der Waals surface area contributed by atoms with Crippen LogP contribution in [0.1, 0.15) is 13.8 Å². The van der Waals surface area contributed by atoms with Crippen molar-refractivity contribution in [2.45, 2.75) is 19.4 Å². The Morgan fingerprint density at radius 1 is 1.35 bits per heavy atom. The minimum Gasteiger partial charge on any atom is -0.346 e. The van der Waals surface area contributed by atoms with Crippen LogP contribution in [0, 0.1) is 0 Å². The van der Waals surface area contributed by atoms with E-state index in [0.717, 1.165) is 6.54 Å². The van der Waals surface area contributed by atoms with Gasteiger partial charge >= 0.3 is 0 Å². The Balaban J connectivity index is 2.46. The predicted molar refractivity (Wildman–Crippen MR) is 65.4 cm³/mol. The zero-order valence-electron chi connectivity index (χ0n) is 10.8. The molecule has 1 aliphatic rings. The van der Waals surface area contributed by atoms with Gasteiger partial charge in [0.1, 0.15) is 0 Å². The van der Waals surface area contributed by atoms with Gasteiger partial charge in [0.05, 0.1) is 13.1 Å². The van der Waals surface area contributed by atoms with Crippen molar-refractivity contribution in [1.82, 2.24) is 15.1 Å². The maximum atomic E-state index is 11.9. The molecular formula is C11H22N4O2. The Bertz CT molecular complexity index is 304. The fourth-order valence-corrected chi connectivity index (χ4v) is 1.81. The number of nitrogens with one attached hydrogen (secondary N) is 1. The summed E-state index contributed by atoms with van der Waals surface area (Å²) >= 11 is 0. The Labute approximate surface area is 102 Å². The average Bonchev–Trinajstić information content (AvgIpc) is 2.28. The molecule has 0 aromatic carbocycles. The van der Waals surface area contributed by atoms with Crippen LogP contribution >= 0.6 is 0 Å². The average molecular weight is 242 g/mol. The summed E-state index contributed by atoms with van der Waals surface area (Å²) in [6.45, 7) is 6.40. The maximum Gasteiger partial charge on any atom is 0.242 e. The standard InChI is InChI=1S/C11H22N4O2/c1-11(2)8-15(5-4-14(11)3)10(17)7-13-9(16)6-12/h4-8,12H2,1-3H3,(H,13,16). The summed E-state index contributed by atoms with van der Waals surface area (Å²) in [5.74, 6) is -0.347. The van der Waals surface area contributed by atoms with Crippen LogP contribution in [-0.4, -0.2) is 66.9 Å². The third kappa shape index (κ3) is 3.67. The summed E-state index contributed by atoms with van der Waals surface area (Å²) in [7, 11) is 2.05. The van der Waals surface area contributed by atoms with Gasteiger partial charge in [-0.15, -0.1) is 0 Å². The molecule has 1 fully saturated rings. The maximum absolute atomic E-state index is 11.9. The van der Waals surface area contributed by atoms with Crippen LogP contribution in [0.15, 0.2) is 0 Å². The molecule has 6 nitrogen and oxygen atoms in total. The topological polar surface area (TPSA) is 78.7 Å². The third-order valence-electron chi connectivity index (χ3n) is 3.29. The van der Waals surface area contributed by atoms with Crippen LogP contribution in [-0.2, 0) is 9.59 Å². The quantitative estimate of drug-likeness (QED) is 0.639. The van der Waals surface area contributed by atoms with Crippen LogP contribution < -0.4 is 11.1 Å². The number of hydrogen-bond acceptors (Lipinski definition) is 4. The van der Waals surface area contributed by atoms with E-state index in [1.54, 1.807) is 4.90 Å². The van der Waals surface area contributed by atoms with Crippen LogP contribution in [0.5, 0.6) is 0 Å². The van der Waals surface area contributed by atoms with Crippen molar-refractivity contribution in [3.05, 3.63) is 0 Å². The highest BCUT2D eigenvalue weighted by Crippen LogP contribution is 2.18. The predicted octanol–water partition coefficient (Wildman–Crippen LogP) is -1.39. The SMILES string of the molecule is CN1CCN(C(=O)CNC(=O)CN)CC1(C)C. The summed E-state index contributed by atoms with van der Waals surface area (Å²) in [4.78, 5) is 26.8. The Hall–Kier alpha value is -1.14. The molecule has 1 aliphatic heterocycles. The largest absolute Gasteiger partial charge is 0.346 e. The van der Waals surface area contributed by atoms with E-state index < -0.39 is 0 Å². The molecule has 0 saturated carbocycles. The van der Waals surface area contributed by atoms with Crippen LogP contribution in [0.2, 0.25) is 0 Å². The zero-order valence-corrected chi connectivity index (χ0v) is 10.8. The fraction of sp³-hybridized carbons (Fsp3) is 0.818. The first-order chi connectivity index (χ1) is 7.86. The van der Waals surface area contributed by atoms with Gasteiger partial charge in [-0.2, -0.15) is 0 Å². The van der Waals surface area contributed by atoms with Crippen LogP contribution in [0.4, 0.5) is 0 Å². The normalized spacial score (nSPS) is 20.1. The first-order valence-corrected chi connectivity index (χ1v) is 5.82. The van der Waals surface area contributed by atoms with Gasteiger partial charge in [0, 0.05) is 25.2 Å². The lowest BCUT2D eigenvalue weighted by Crippen LogP contribution is -2.60. The van der Waals surface area contributed by atoms with E-state index in [-0.39, 0.29) is 30.4 Å². The second-order valence-corrected chi connectivity index (χ2v) is 5.03. The molecule has 2 amide bonds. The summed E-state index contributed by atoms with van der Waals surface area (Å²) in [6.07, 6.45) is 0. The van der Waals surface area contributed by atoms with Crippen molar-refractivity contribution in [3.8, 4) is 0 Å². The highest BCUT2D eigenvalue weighted by molar-refractivity contribution is 5.85. The van der Waals surface area contributed by atoms with E-state index in [4.69, 9.17) is 5.73 Å². The molecule has 1 heterocycles. The number of rotatable bonds is 3. The molecule has 0 unspecified atom stereocenters. The number of piperazine rings is 1. The molecule has 17 heavy (non-hydrogen) atoms. The van der Waals surface area contributed by atoms with Gasteiger partial charge < -0.3 is 16.0 Å². The molecule has 0 spiro atoms. The molecular weight excluding hydrogens is 220 g/mol. The summed E-state index contributed by atoms with van der Waals surface area (Å²) in [5, 5.41) is 2.50. The first-order valence-electron chi connectivity index (χ1n) is 5.82. The number of nitrogens with two attached hydrogens (primary N) is 1. The van der Waals surface area contributed by atoms with Crippen molar-refractivity contribution in [1.29, 1.82) is 0 Å². The van der Waals surface area contributed by atoms with Gasteiger partial charge in [0.15, 0.2) is 0 Å². The Morgan fingerprint density at radius 2 is 2.00 bits per heavy atom. The van der Waals surface area contributed by atoms with Crippen molar-refractivity contribution in [2.24, 2.45) is 5.73 Å². The van der Waals surface area contributed by atoms with Gasteiger partial charge in [-0.05, 0) is 20.9 Å². The second-order valence-electron chi connectivity index (χ2n) is 5.03. The number of amides is 2. The molecule has 3 N–H and O–H groups in total. The Kier molecular flexibility index (Phi) is 4.47.